The molecule has 0 bridgehead atoms. The Hall–Kier alpha value is -2.40. The lowest BCUT2D eigenvalue weighted by Crippen LogP contribution is -2.39. The summed E-state index contributed by atoms with van der Waals surface area (Å²) in [4.78, 5) is 32.6. The highest BCUT2D eigenvalue weighted by Gasteiger charge is 2.25. The summed E-state index contributed by atoms with van der Waals surface area (Å²) in [6.07, 6.45) is 1.22. The molecule has 0 aliphatic rings. The lowest BCUT2D eigenvalue weighted by atomic mass is 10.0. The van der Waals surface area contributed by atoms with E-state index in [-0.39, 0.29) is 18.5 Å². The number of aromatic nitrogens is 1. The Morgan fingerprint density at radius 3 is 2.67 bits per heavy atom. The van der Waals surface area contributed by atoms with Crippen molar-refractivity contribution in [2.24, 2.45) is 0 Å². The fourth-order valence-electron chi connectivity index (χ4n) is 2.91. The van der Waals surface area contributed by atoms with Crippen molar-refractivity contribution in [3.63, 3.8) is 0 Å². The molecule has 3 aromatic rings. The van der Waals surface area contributed by atoms with Gasteiger partial charge in [0.2, 0.25) is 12.3 Å². The molecule has 2 N–H and O–H groups in total. The van der Waals surface area contributed by atoms with Gasteiger partial charge >= 0.3 is 0 Å². The van der Waals surface area contributed by atoms with Gasteiger partial charge in [-0.05, 0) is 35.6 Å². The third-order valence-corrected chi connectivity index (χ3v) is 6.79. The summed E-state index contributed by atoms with van der Waals surface area (Å²) in [5, 5.41) is 4.93. The van der Waals surface area contributed by atoms with E-state index in [0.717, 1.165) is 26.8 Å². The van der Waals surface area contributed by atoms with Crippen LogP contribution in [0.4, 0.5) is 5.69 Å². The van der Waals surface area contributed by atoms with Crippen LogP contribution in [-0.4, -0.2) is 52.3 Å². The van der Waals surface area contributed by atoms with E-state index in [1.807, 2.05) is 47.2 Å². The second-order valence-corrected chi connectivity index (χ2v) is 8.88. The predicted molar refractivity (Wildman–Crippen MR) is 124 cm³/mol. The maximum atomic E-state index is 12.8. The molecule has 0 radical (unpaired) electrons. The van der Waals surface area contributed by atoms with Crippen LogP contribution in [0.15, 0.2) is 47.2 Å². The van der Waals surface area contributed by atoms with E-state index >= 15 is 0 Å². The van der Waals surface area contributed by atoms with Gasteiger partial charge in [0.25, 0.3) is 0 Å². The molecule has 0 saturated carbocycles. The maximum absolute atomic E-state index is 12.8. The monoisotopic (exact) mass is 462 g/mol. The minimum absolute atomic E-state index is 0.00893. The highest BCUT2D eigenvalue weighted by molar-refractivity contribution is 7.95. The van der Waals surface area contributed by atoms with Crippen LogP contribution in [0.5, 0.6) is 0 Å². The Kier molecular flexibility index (Phi) is 7.86. The standard InChI is InChI=1S/C20H22N4O3S3/c1-23(13-25)11-19(26)24(2)17(10-14-5-7-15(8-6-14)22-30-27)16-12-29-20(21-16)18-4-3-9-28-18/h3-9,12-13,17,22,27H,10-11H2,1-2H3. The molecule has 1 unspecified atom stereocenters. The number of likely N-dealkylation sites (N-methyl/N-ethyl adjacent to an activating group) is 2. The highest BCUT2D eigenvalue weighted by Crippen LogP contribution is 2.32. The first-order chi connectivity index (χ1) is 14.5. The number of thiazole rings is 1. The normalized spacial score (nSPS) is 11.7. The van der Waals surface area contributed by atoms with Gasteiger partial charge in [-0.25, -0.2) is 4.98 Å². The number of carbonyl (C=O) groups excluding carboxylic acids is 2. The fraction of sp³-hybridized carbons (Fsp3) is 0.250. The van der Waals surface area contributed by atoms with Crippen molar-refractivity contribution in [2.75, 3.05) is 25.4 Å². The minimum atomic E-state index is -0.270. The van der Waals surface area contributed by atoms with Gasteiger partial charge in [0, 0.05) is 25.2 Å². The van der Waals surface area contributed by atoms with Gasteiger partial charge in [-0.1, -0.05) is 18.2 Å². The van der Waals surface area contributed by atoms with Gasteiger partial charge in [0.05, 0.1) is 23.2 Å². The molecule has 7 nitrogen and oxygen atoms in total. The van der Waals surface area contributed by atoms with E-state index in [1.54, 1.807) is 41.7 Å². The highest BCUT2D eigenvalue weighted by atomic mass is 32.2. The average Bonchev–Trinajstić information content (AvgIpc) is 3.44. The van der Waals surface area contributed by atoms with Crippen LogP contribution in [0.3, 0.4) is 0 Å². The molecular weight excluding hydrogens is 440 g/mol. The molecule has 0 fully saturated rings. The van der Waals surface area contributed by atoms with Crippen molar-refractivity contribution in [2.45, 2.75) is 12.5 Å². The fourth-order valence-corrected chi connectivity index (χ4v) is 4.84. The van der Waals surface area contributed by atoms with E-state index in [1.165, 1.54) is 4.90 Å². The van der Waals surface area contributed by atoms with Crippen molar-refractivity contribution in [3.8, 4) is 9.88 Å². The van der Waals surface area contributed by atoms with Crippen LogP contribution < -0.4 is 4.72 Å². The number of anilines is 1. The van der Waals surface area contributed by atoms with Crippen molar-refractivity contribution >= 4 is 52.9 Å². The van der Waals surface area contributed by atoms with Gasteiger partial charge < -0.3 is 19.1 Å². The van der Waals surface area contributed by atoms with Crippen LogP contribution >= 0.6 is 34.9 Å². The van der Waals surface area contributed by atoms with Crippen LogP contribution in [-0.2, 0) is 16.0 Å². The van der Waals surface area contributed by atoms with E-state index in [9.17, 15) is 9.59 Å². The van der Waals surface area contributed by atoms with Crippen LogP contribution in [0.1, 0.15) is 17.3 Å². The molecule has 0 aliphatic heterocycles. The van der Waals surface area contributed by atoms with Crippen LogP contribution in [0.2, 0.25) is 0 Å². The number of carbonyl (C=O) groups is 2. The zero-order chi connectivity index (χ0) is 21.5. The maximum Gasteiger partial charge on any atom is 0.242 e. The van der Waals surface area contributed by atoms with E-state index in [4.69, 9.17) is 9.54 Å². The Morgan fingerprint density at radius 2 is 2.03 bits per heavy atom. The minimum Gasteiger partial charge on any atom is -0.339 e. The first-order valence-corrected chi connectivity index (χ1v) is 11.6. The molecule has 2 heterocycles. The summed E-state index contributed by atoms with van der Waals surface area (Å²) < 4.78 is 11.7. The number of thiophene rings is 1. The van der Waals surface area contributed by atoms with E-state index < -0.39 is 0 Å². The SMILES string of the molecule is CN(C=O)CC(=O)N(C)C(Cc1ccc(NSO)cc1)c1csc(-c2cccs2)n1. The van der Waals surface area contributed by atoms with Crippen LogP contribution in [0, 0.1) is 0 Å². The molecular formula is C20H22N4O3S3. The van der Waals surface area contributed by atoms with Crippen LogP contribution in [0.25, 0.3) is 9.88 Å². The summed E-state index contributed by atoms with van der Waals surface area (Å²) in [5.41, 5.74) is 2.64. The summed E-state index contributed by atoms with van der Waals surface area (Å²) in [6, 6.07) is 11.4. The molecule has 10 heteroatoms. The number of nitrogens with zero attached hydrogens (tertiary/aromatic N) is 3. The van der Waals surface area contributed by atoms with Crippen molar-refractivity contribution in [1.29, 1.82) is 0 Å². The van der Waals surface area contributed by atoms with E-state index in [2.05, 4.69) is 4.72 Å². The third kappa shape index (κ3) is 5.60. The number of benzene rings is 1. The first-order valence-electron chi connectivity index (χ1n) is 9.07. The summed E-state index contributed by atoms with van der Waals surface area (Å²) in [6.45, 7) is 0.00893. The largest absolute Gasteiger partial charge is 0.339 e. The zero-order valence-electron chi connectivity index (χ0n) is 16.5. The Labute approximate surface area is 187 Å². The van der Waals surface area contributed by atoms with Gasteiger partial charge in [0.15, 0.2) is 0 Å². The summed E-state index contributed by atoms with van der Waals surface area (Å²) in [5.74, 6) is -0.157. The molecule has 0 spiro atoms. The third-order valence-electron chi connectivity index (χ3n) is 4.57. The van der Waals surface area contributed by atoms with Gasteiger partial charge in [0.1, 0.15) is 17.2 Å². The molecule has 2 aromatic heterocycles. The summed E-state index contributed by atoms with van der Waals surface area (Å²) >= 11 is 3.73. The smallest absolute Gasteiger partial charge is 0.242 e. The quantitative estimate of drug-likeness (QED) is 0.266. The molecule has 2 amide bonds. The lowest BCUT2D eigenvalue weighted by Gasteiger charge is -2.28. The predicted octanol–water partition coefficient (Wildman–Crippen LogP) is 4.24. The number of hydrogen-bond donors (Lipinski definition) is 2. The number of hydrogen-bond acceptors (Lipinski definition) is 8. The Bertz CT molecular complexity index is 960. The lowest BCUT2D eigenvalue weighted by molar-refractivity contribution is -0.135. The number of rotatable bonds is 10. The zero-order valence-corrected chi connectivity index (χ0v) is 19.0. The van der Waals surface area contributed by atoms with Crippen molar-refractivity contribution in [3.05, 3.63) is 58.4 Å². The average molecular weight is 463 g/mol. The Balaban J connectivity index is 1.86. The molecule has 3 rings (SSSR count). The van der Waals surface area contributed by atoms with Gasteiger partial charge in [-0.15, -0.1) is 22.7 Å². The molecule has 0 aliphatic carbocycles. The molecule has 158 valence electrons. The topological polar surface area (TPSA) is 85.8 Å². The number of nitrogens with one attached hydrogen (secondary N) is 1. The van der Waals surface area contributed by atoms with E-state index in [0.29, 0.717) is 25.1 Å². The first kappa shape index (κ1) is 22.3. The Morgan fingerprint density at radius 1 is 1.27 bits per heavy atom. The van der Waals surface area contributed by atoms with Gasteiger partial charge in [-0.2, -0.15) is 0 Å². The van der Waals surface area contributed by atoms with Crippen molar-refractivity contribution < 1.29 is 14.1 Å². The van der Waals surface area contributed by atoms with Gasteiger partial charge in [-0.3, -0.25) is 9.59 Å². The summed E-state index contributed by atoms with van der Waals surface area (Å²) in [7, 11) is 3.32. The van der Waals surface area contributed by atoms with Crippen molar-refractivity contribution in [1.82, 2.24) is 14.8 Å². The second-order valence-electron chi connectivity index (χ2n) is 6.69. The molecule has 1 aromatic carbocycles. The second kappa shape index (κ2) is 10.6. The number of amides is 2. The molecule has 0 saturated heterocycles. The molecule has 1 atom stereocenters. The molecule has 30 heavy (non-hydrogen) atoms.